The van der Waals surface area contributed by atoms with E-state index in [4.69, 9.17) is 27.8 Å². The molecule has 1 unspecified atom stereocenters. The van der Waals surface area contributed by atoms with E-state index < -0.39 is 17.8 Å². The Hall–Kier alpha value is -4.74. The number of hydrogen-bond acceptors (Lipinski definition) is 7. The Morgan fingerprint density at radius 1 is 1.21 bits per heavy atom. The van der Waals surface area contributed by atoms with Crippen LogP contribution in [0.5, 0.6) is 11.5 Å². The minimum atomic E-state index is -0.676. The molecule has 39 heavy (non-hydrogen) atoms. The van der Waals surface area contributed by atoms with Crippen LogP contribution in [0.15, 0.2) is 77.9 Å². The average molecular weight is 551 g/mol. The summed E-state index contributed by atoms with van der Waals surface area (Å²) in [6.07, 6.45) is 1.43. The lowest BCUT2D eigenvalue weighted by Gasteiger charge is -2.15. The van der Waals surface area contributed by atoms with Crippen LogP contribution in [0.2, 0.25) is 5.02 Å². The lowest BCUT2D eigenvalue weighted by Crippen LogP contribution is -2.38. The summed E-state index contributed by atoms with van der Waals surface area (Å²) in [6.45, 7) is 1.47. The summed E-state index contributed by atoms with van der Waals surface area (Å²) in [5, 5.41) is 24.9. The molecule has 0 fully saturated rings. The van der Waals surface area contributed by atoms with Gasteiger partial charge in [0.1, 0.15) is 34.5 Å². The molecule has 200 valence electrons. The van der Waals surface area contributed by atoms with Crippen LogP contribution in [0.1, 0.15) is 23.0 Å². The standard InChI is InChI=1S/C27H24ClFN6O4/c1-15(14-36)33-26(31)24-23(11-12-32-25(24)30)39-22-10-9-18(13-19(22)28)34-27(37)21-4-2-3-20(35(21)38)16-5-7-17(29)8-6-16/h2-13,15,36H,14H2,1H3,(H2,30,32)(H2,31,33)(H,34,37). The fraction of sp³-hybridized carbons (Fsp3) is 0.111. The van der Waals surface area contributed by atoms with Gasteiger partial charge in [0.25, 0.3) is 5.69 Å². The molecule has 0 aliphatic heterocycles. The van der Waals surface area contributed by atoms with E-state index in [0.717, 1.165) is 0 Å². The first-order chi connectivity index (χ1) is 18.7. The number of aromatic nitrogens is 2. The largest absolute Gasteiger partial charge is 0.618 e. The molecule has 0 radical (unpaired) electrons. The van der Waals surface area contributed by atoms with Crippen molar-refractivity contribution in [3.63, 3.8) is 0 Å². The molecule has 2 heterocycles. The van der Waals surface area contributed by atoms with Crippen LogP contribution in [0.3, 0.4) is 0 Å². The Morgan fingerprint density at radius 2 is 1.95 bits per heavy atom. The van der Waals surface area contributed by atoms with Crippen molar-refractivity contribution in [2.75, 3.05) is 17.7 Å². The van der Waals surface area contributed by atoms with Gasteiger partial charge in [-0.3, -0.25) is 9.79 Å². The highest BCUT2D eigenvalue weighted by atomic mass is 35.5. The fourth-order valence-corrected chi connectivity index (χ4v) is 3.84. The second kappa shape index (κ2) is 11.8. The molecule has 1 atom stereocenters. The Morgan fingerprint density at radius 3 is 2.64 bits per heavy atom. The Kier molecular flexibility index (Phi) is 8.23. The molecule has 0 saturated carbocycles. The van der Waals surface area contributed by atoms with Gasteiger partial charge in [0.2, 0.25) is 5.69 Å². The molecule has 0 bridgehead atoms. The van der Waals surface area contributed by atoms with E-state index in [1.807, 2.05) is 0 Å². The third-order valence-corrected chi connectivity index (χ3v) is 5.85. The number of aliphatic hydroxyl groups excluding tert-OH is 1. The highest BCUT2D eigenvalue weighted by Gasteiger charge is 2.21. The number of halogens is 2. The topological polar surface area (TPSA) is 163 Å². The first-order valence-electron chi connectivity index (χ1n) is 11.6. The lowest BCUT2D eigenvalue weighted by molar-refractivity contribution is -0.595. The van der Waals surface area contributed by atoms with Crippen LogP contribution in [-0.2, 0) is 0 Å². The number of amides is 1. The number of nitrogens with two attached hydrogens (primary N) is 2. The smallest absolute Gasteiger partial charge is 0.321 e. The van der Waals surface area contributed by atoms with Gasteiger partial charge < -0.3 is 31.8 Å². The zero-order valence-electron chi connectivity index (χ0n) is 20.6. The molecule has 0 aliphatic rings. The summed E-state index contributed by atoms with van der Waals surface area (Å²) < 4.78 is 19.7. The van der Waals surface area contributed by atoms with Gasteiger partial charge >= 0.3 is 5.91 Å². The number of aliphatic imine (C=N–C) groups is 1. The molecular formula is C27H24ClFN6O4. The average Bonchev–Trinajstić information content (AvgIpc) is 2.90. The summed E-state index contributed by atoms with van der Waals surface area (Å²) in [7, 11) is 0. The number of nitrogens with zero attached hydrogens (tertiary/aromatic N) is 3. The van der Waals surface area contributed by atoms with E-state index in [1.165, 1.54) is 66.9 Å². The SMILES string of the molecule is CC(CO)N=C(N)c1c(Oc2ccc(NC(=O)c3cccc(-c4ccc(F)cc4)[n+]3[O-])cc2Cl)ccnc1N. The molecule has 2 aromatic carbocycles. The molecule has 4 rings (SSSR count). The molecule has 0 spiro atoms. The summed E-state index contributed by atoms with van der Waals surface area (Å²) in [6, 6.07) is 15.4. The zero-order valence-corrected chi connectivity index (χ0v) is 21.4. The second-order valence-corrected chi connectivity index (χ2v) is 8.82. The van der Waals surface area contributed by atoms with Crippen molar-refractivity contribution in [3.05, 3.63) is 100 Å². The number of hydrogen-bond donors (Lipinski definition) is 4. The molecule has 10 nitrogen and oxygen atoms in total. The van der Waals surface area contributed by atoms with Gasteiger partial charge in [0.15, 0.2) is 0 Å². The number of benzene rings is 2. The van der Waals surface area contributed by atoms with Crippen molar-refractivity contribution < 1.29 is 23.8 Å². The molecule has 4 aromatic rings. The molecular weight excluding hydrogens is 527 g/mol. The second-order valence-electron chi connectivity index (χ2n) is 8.41. The number of pyridine rings is 2. The number of amidine groups is 1. The third-order valence-electron chi connectivity index (χ3n) is 5.55. The van der Waals surface area contributed by atoms with Gasteiger partial charge in [0.05, 0.1) is 17.7 Å². The fourth-order valence-electron chi connectivity index (χ4n) is 3.62. The number of anilines is 2. The Balaban J connectivity index is 1.55. The minimum Gasteiger partial charge on any atom is -0.618 e. The predicted molar refractivity (Wildman–Crippen MR) is 146 cm³/mol. The van der Waals surface area contributed by atoms with Gasteiger partial charge in [-0.2, -0.15) is 4.73 Å². The number of ether oxygens (including phenoxy) is 1. The molecule has 12 heteroatoms. The van der Waals surface area contributed by atoms with E-state index in [9.17, 15) is 19.5 Å². The zero-order chi connectivity index (χ0) is 28.1. The first kappa shape index (κ1) is 27.3. The van der Waals surface area contributed by atoms with E-state index in [2.05, 4.69) is 15.3 Å². The van der Waals surface area contributed by atoms with Gasteiger partial charge in [-0.1, -0.05) is 11.6 Å². The molecule has 0 saturated heterocycles. The number of carbonyl (C=O) groups is 1. The predicted octanol–water partition coefficient (Wildman–Crippen LogP) is 3.89. The van der Waals surface area contributed by atoms with Crippen LogP contribution in [-0.4, -0.2) is 34.5 Å². The van der Waals surface area contributed by atoms with Crippen LogP contribution >= 0.6 is 11.6 Å². The summed E-state index contributed by atoms with van der Waals surface area (Å²) in [4.78, 5) is 21.1. The lowest BCUT2D eigenvalue weighted by atomic mass is 10.1. The van der Waals surface area contributed by atoms with Crippen molar-refractivity contribution in [1.29, 1.82) is 0 Å². The molecule has 1 amide bonds. The van der Waals surface area contributed by atoms with Gasteiger partial charge in [-0.15, -0.1) is 0 Å². The minimum absolute atomic E-state index is 0.0333. The normalized spacial score (nSPS) is 12.2. The van der Waals surface area contributed by atoms with Gasteiger partial charge in [-0.25, -0.2) is 9.37 Å². The summed E-state index contributed by atoms with van der Waals surface area (Å²) >= 11 is 6.42. The molecule has 2 aromatic heterocycles. The maximum atomic E-state index is 13.3. The van der Waals surface area contributed by atoms with E-state index in [1.54, 1.807) is 13.0 Å². The van der Waals surface area contributed by atoms with Crippen molar-refractivity contribution in [2.45, 2.75) is 13.0 Å². The van der Waals surface area contributed by atoms with Crippen molar-refractivity contribution >= 4 is 34.8 Å². The monoisotopic (exact) mass is 550 g/mol. The van der Waals surface area contributed by atoms with Crippen LogP contribution in [0.4, 0.5) is 15.9 Å². The summed E-state index contributed by atoms with van der Waals surface area (Å²) in [5.74, 6) is -0.547. The first-order valence-corrected chi connectivity index (χ1v) is 12.0. The number of rotatable bonds is 8. The maximum Gasteiger partial charge on any atom is 0.321 e. The van der Waals surface area contributed by atoms with Crippen molar-refractivity contribution in [1.82, 2.24) is 4.98 Å². The Bertz CT molecular complexity index is 1550. The van der Waals surface area contributed by atoms with E-state index >= 15 is 0 Å². The summed E-state index contributed by atoms with van der Waals surface area (Å²) in [5.41, 5.74) is 13.1. The van der Waals surface area contributed by atoms with Crippen LogP contribution in [0.25, 0.3) is 11.3 Å². The third kappa shape index (κ3) is 6.22. The molecule has 0 aliphatic carbocycles. The van der Waals surface area contributed by atoms with Crippen LogP contribution < -0.4 is 26.3 Å². The Labute approximate surface area is 227 Å². The highest BCUT2D eigenvalue weighted by Crippen LogP contribution is 2.34. The van der Waals surface area contributed by atoms with E-state index in [-0.39, 0.29) is 51.7 Å². The van der Waals surface area contributed by atoms with Crippen LogP contribution in [0, 0.1) is 11.0 Å². The van der Waals surface area contributed by atoms with Crippen molar-refractivity contribution in [3.8, 4) is 22.8 Å². The number of nitrogen functional groups attached to an aromatic ring is 1. The van der Waals surface area contributed by atoms with E-state index in [0.29, 0.717) is 16.0 Å². The number of aliphatic hydroxyl groups is 1. The van der Waals surface area contributed by atoms with Crippen molar-refractivity contribution in [2.24, 2.45) is 10.7 Å². The van der Waals surface area contributed by atoms with Gasteiger partial charge in [0, 0.05) is 35.6 Å². The number of carbonyl (C=O) groups excluding carboxylic acids is 1. The number of nitrogens with one attached hydrogen (secondary N) is 1. The maximum absolute atomic E-state index is 13.3. The quantitative estimate of drug-likeness (QED) is 0.112. The van der Waals surface area contributed by atoms with Gasteiger partial charge in [-0.05, 0) is 55.5 Å². The highest BCUT2D eigenvalue weighted by molar-refractivity contribution is 6.32. The molecule has 6 N–H and O–H groups in total.